The molecule has 1 aromatic heterocycles. The predicted molar refractivity (Wildman–Crippen MR) is 56.8 cm³/mol. The van der Waals surface area contributed by atoms with Crippen molar-refractivity contribution in [2.45, 2.75) is 19.1 Å². The standard InChI is InChI=1S/C6H2F6N2O3S2.CH4/c7-5(8,9)2-1-3(14-4(18)13-2)17-19(15,16)6(10,11)12;/h1H,(H,13,14,18);1H4. The third kappa shape index (κ3) is 4.33. The molecule has 1 heterocycles. The Balaban J connectivity index is 0.00000361. The number of nitrogens with zero attached hydrogens (tertiary/aromatic N) is 1. The second-order valence-corrected chi connectivity index (χ2v) is 4.84. The van der Waals surface area contributed by atoms with Crippen LogP contribution >= 0.6 is 12.2 Å². The van der Waals surface area contributed by atoms with E-state index in [1.54, 1.807) is 0 Å². The summed E-state index contributed by atoms with van der Waals surface area (Å²) in [6, 6.07) is -0.0565. The number of rotatable bonds is 2. The molecule has 116 valence electrons. The molecule has 0 aliphatic carbocycles. The van der Waals surface area contributed by atoms with Crippen LogP contribution in [0.3, 0.4) is 0 Å². The fourth-order valence-corrected chi connectivity index (χ4v) is 1.39. The van der Waals surface area contributed by atoms with Gasteiger partial charge in [-0.2, -0.15) is 39.7 Å². The number of H-pyrrole nitrogens is 1. The number of hydrogen-bond acceptors (Lipinski definition) is 5. The van der Waals surface area contributed by atoms with E-state index in [0.29, 0.717) is 0 Å². The van der Waals surface area contributed by atoms with E-state index in [2.05, 4.69) is 21.4 Å². The minimum atomic E-state index is -6.12. The van der Waals surface area contributed by atoms with Crippen LogP contribution in [-0.4, -0.2) is 23.9 Å². The molecule has 0 amide bonds. The fourth-order valence-electron chi connectivity index (χ4n) is 0.790. The molecule has 0 atom stereocenters. The van der Waals surface area contributed by atoms with Gasteiger partial charge < -0.3 is 9.17 Å². The summed E-state index contributed by atoms with van der Waals surface area (Å²) in [4.78, 5) is 4.44. The first kappa shape index (κ1) is 18.6. The Hall–Kier alpha value is -1.37. The molecule has 20 heavy (non-hydrogen) atoms. The maximum Gasteiger partial charge on any atom is 0.534 e. The van der Waals surface area contributed by atoms with Crippen molar-refractivity contribution in [3.63, 3.8) is 0 Å². The van der Waals surface area contributed by atoms with Crippen LogP contribution in [0.2, 0.25) is 0 Å². The van der Waals surface area contributed by atoms with Gasteiger partial charge in [0, 0.05) is 6.07 Å². The first-order valence-corrected chi connectivity index (χ1v) is 5.84. The SMILES string of the molecule is C.O=S(=O)(Oc1cc(C(F)(F)F)[nH]c(=S)n1)C(F)(F)F. The molecule has 1 N–H and O–H groups in total. The second kappa shape index (κ2) is 5.55. The zero-order chi connectivity index (χ0) is 15.1. The van der Waals surface area contributed by atoms with Gasteiger partial charge in [-0.05, 0) is 12.2 Å². The number of alkyl halides is 6. The maximum atomic E-state index is 12.3. The van der Waals surface area contributed by atoms with Crippen molar-refractivity contribution in [2.24, 2.45) is 0 Å². The minimum absolute atomic E-state index is 0. The smallest absolute Gasteiger partial charge is 0.355 e. The first-order valence-electron chi connectivity index (χ1n) is 4.02. The molecule has 0 unspecified atom stereocenters. The molecule has 0 bridgehead atoms. The Kier molecular flexibility index (Phi) is 5.17. The Morgan fingerprint density at radius 2 is 1.70 bits per heavy atom. The van der Waals surface area contributed by atoms with Gasteiger partial charge in [0.2, 0.25) is 10.7 Å². The van der Waals surface area contributed by atoms with Crippen molar-refractivity contribution in [3.8, 4) is 5.88 Å². The lowest BCUT2D eigenvalue weighted by molar-refractivity contribution is -0.141. The molecule has 0 aromatic carbocycles. The molecule has 1 rings (SSSR count). The fraction of sp³-hybridized carbons (Fsp3) is 0.429. The molecule has 0 aliphatic rings. The lowest BCUT2D eigenvalue weighted by atomic mass is 10.4. The molecule has 13 heteroatoms. The lowest BCUT2D eigenvalue weighted by Crippen LogP contribution is -2.28. The third-order valence-corrected chi connectivity index (χ3v) is 2.66. The van der Waals surface area contributed by atoms with Gasteiger partial charge >= 0.3 is 21.8 Å². The molecule has 1 aromatic rings. The number of nitrogens with one attached hydrogen (secondary N) is 1. The maximum absolute atomic E-state index is 12.3. The Morgan fingerprint density at radius 3 is 2.10 bits per heavy atom. The predicted octanol–water partition coefficient (Wildman–Crippen LogP) is 3.02. The van der Waals surface area contributed by atoms with E-state index in [1.807, 2.05) is 0 Å². The van der Waals surface area contributed by atoms with Crippen LogP contribution < -0.4 is 4.18 Å². The average Bonchev–Trinajstić information content (AvgIpc) is 2.12. The van der Waals surface area contributed by atoms with Crippen molar-refractivity contribution in [1.29, 1.82) is 0 Å². The second-order valence-electron chi connectivity index (χ2n) is 2.92. The number of hydrogen-bond donors (Lipinski definition) is 1. The van der Waals surface area contributed by atoms with Crippen LogP contribution in [0.25, 0.3) is 0 Å². The van der Waals surface area contributed by atoms with Gasteiger partial charge in [0.05, 0.1) is 0 Å². The highest BCUT2D eigenvalue weighted by Gasteiger charge is 2.49. The van der Waals surface area contributed by atoms with Crippen molar-refractivity contribution in [2.75, 3.05) is 0 Å². The largest absolute Gasteiger partial charge is 0.534 e. The van der Waals surface area contributed by atoms with E-state index in [1.165, 1.54) is 4.98 Å². The number of aromatic nitrogens is 2. The monoisotopic (exact) mass is 344 g/mol. The molecule has 0 radical (unpaired) electrons. The van der Waals surface area contributed by atoms with Gasteiger partial charge in [0.25, 0.3) is 0 Å². The average molecular weight is 344 g/mol. The van der Waals surface area contributed by atoms with Crippen molar-refractivity contribution in [3.05, 3.63) is 16.5 Å². The zero-order valence-corrected chi connectivity index (χ0v) is 9.97. The molecule has 0 fully saturated rings. The molecular weight excluding hydrogens is 338 g/mol. The highest BCUT2D eigenvalue weighted by atomic mass is 32.2. The topological polar surface area (TPSA) is 72.1 Å². The van der Waals surface area contributed by atoms with Crippen LogP contribution in [0.4, 0.5) is 26.3 Å². The first-order chi connectivity index (χ1) is 8.33. The van der Waals surface area contributed by atoms with Crippen molar-refractivity contribution >= 4 is 22.3 Å². The van der Waals surface area contributed by atoms with Crippen molar-refractivity contribution < 1.29 is 38.9 Å². The van der Waals surface area contributed by atoms with Crippen LogP contribution in [0.5, 0.6) is 5.88 Å². The minimum Gasteiger partial charge on any atom is -0.355 e. The third-order valence-electron chi connectivity index (χ3n) is 1.51. The zero-order valence-electron chi connectivity index (χ0n) is 8.33. The van der Waals surface area contributed by atoms with E-state index in [0.717, 1.165) is 0 Å². The van der Waals surface area contributed by atoms with E-state index in [9.17, 15) is 34.8 Å². The number of halogens is 6. The highest BCUT2D eigenvalue weighted by Crippen LogP contribution is 2.31. The van der Waals surface area contributed by atoms with Gasteiger partial charge in [-0.1, -0.05) is 7.43 Å². The van der Waals surface area contributed by atoms with Crippen molar-refractivity contribution in [1.82, 2.24) is 9.97 Å². The lowest BCUT2D eigenvalue weighted by Gasteiger charge is -2.10. The van der Waals surface area contributed by atoms with Gasteiger partial charge in [-0.25, -0.2) is 0 Å². The summed E-state index contributed by atoms with van der Waals surface area (Å²) >= 11 is 4.22. The summed E-state index contributed by atoms with van der Waals surface area (Å²) in [5.41, 5.74) is -7.39. The molecule has 0 spiro atoms. The Morgan fingerprint density at radius 1 is 1.20 bits per heavy atom. The summed E-state index contributed by atoms with van der Waals surface area (Å²) in [6.07, 6.45) is -4.99. The van der Waals surface area contributed by atoms with Gasteiger partial charge in [0.1, 0.15) is 5.69 Å². The number of aromatic amines is 1. The van der Waals surface area contributed by atoms with E-state index >= 15 is 0 Å². The van der Waals surface area contributed by atoms with E-state index in [4.69, 9.17) is 0 Å². The summed E-state index contributed by atoms with van der Waals surface area (Å²) in [6.45, 7) is 0. The van der Waals surface area contributed by atoms with Gasteiger partial charge in [0.15, 0.2) is 0 Å². The highest BCUT2D eigenvalue weighted by molar-refractivity contribution is 7.87. The van der Waals surface area contributed by atoms with Crippen LogP contribution in [0.15, 0.2) is 6.07 Å². The Labute approximate surface area is 113 Å². The van der Waals surface area contributed by atoms with Crippen LogP contribution in [0.1, 0.15) is 13.1 Å². The summed E-state index contributed by atoms with van der Waals surface area (Å²) in [5.74, 6) is -1.44. The normalized spacial score (nSPS) is 12.7. The van der Waals surface area contributed by atoms with Crippen LogP contribution in [0, 0.1) is 4.77 Å². The summed E-state index contributed by atoms with van der Waals surface area (Å²) in [7, 11) is -6.12. The molecule has 5 nitrogen and oxygen atoms in total. The van der Waals surface area contributed by atoms with Gasteiger partial charge in [-0.3, -0.25) is 0 Å². The molecule has 0 aliphatic heterocycles. The van der Waals surface area contributed by atoms with Crippen LogP contribution in [-0.2, 0) is 16.3 Å². The van der Waals surface area contributed by atoms with Gasteiger partial charge in [-0.15, -0.1) is 0 Å². The molecule has 0 saturated heterocycles. The summed E-state index contributed by atoms with van der Waals surface area (Å²) < 4.78 is 96.4. The molecule has 0 saturated carbocycles. The molecular formula is C7H6F6N2O3S2. The quantitative estimate of drug-likeness (QED) is 0.386. The Bertz CT molecular complexity index is 633. The van der Waals surface area contributed by atoms with E-state index < -0.39 is 38.1 Å². The summed E-state index contributed by atoms with van der Waals surface area (Å²) in [5, 5.41) is 0. The van der Waals surface area contributed by atoms with E-state index in [-0.39, 0.29) is 13.5 Å².